The summed E-state index contributed by atoms with van der Waals surface area (Å²) in [6.07, 6.45) is 0. The molecule has 7 nitrogen and oxygen atoms in total. The lowest BCUT2D eigenvalue weighted by Crippen LogP contribution is -2.24. The monoisotopic (exact) mass is 392 g/mol. The van der Waals surface area contributed by atoms with Crippen molar-refractivity contribution in [3.63, 3.8) is 0 Å². The van der Waals surface area contributed by atoms with Gasteiger partial charge < -0.3 is 19.7 Å². The topological polar surface area (TPSA) is 76.6 Å². The van der Waals surface area contributed by atoms with E-state index in [1.807, 2.05) is 18.2 Å². The number of benzene rings is 2. The summed E-state index contributed by atoms with van der Waals surface area (Å²) in [5, 5.41) is 11.1. The van der Waals surface area contributed by atoms with Gasteiger partial charge in [-0.3, -0.25) is 4.79 Å². The van der Waals surface area contributed by atoms with E-state index in [9.17, 15) is 4.79 Å². The Bertz CT molecular complexity index is 946. The number of hydrogen-bond donors (Lipinski definition) is 1. The summed E-state index contributed by atoms with van der Waals surface area (Å²) in [4.78, 5) is 14.7. The molecule has 1 N–H and O–H groups in total. The number of nitrogens with zero attached hydrogens (tertiary/aromatic N) is 3. The molecule has 0 saturated heterocycles. The number of hydrogen-bond acceptors (Lipinski definition) is 6. The van der Waals surface area contributed by atoms with Gasteiger partial charge in [0, 0.05) is 19.2 Å². The van der Waals surface area contributed by atoms with Crippen molar-refractivity contribution in [2.24, 2.45) is 0 Å². The summed E-state index contributed by atoms with van der Waals surface area (Å²) in [7, 11) is 3.10. The van der Waals surface area contributed by atoms with Crippen LogP contribution in [0.25, 0.3) is 0 Å². The first-order chi connectivity index (χ1) is 14.1. The van der Waals surface area contributed by atoms with Crippen LogP contribution in [0.5, 0.6) is 11.5 Å². The lowest BCUT2D eigenvalue weighted by Gasteiger charge is -2.21. The van der Waals surface area contributed by atoms with Gasteiger partial charge in [-0.1, -0.05) is 30.3 Å². The number of nitrogens with one attached hydrogen (secondary N) is 1. The molecular formula is C22H24N4O3. The second kappa shape index (κ2) is 9.54. The minimum atomic E-state index is -0.362. The number of rotatable bonds is 8. The Morgan fingerprint density at radius 3 is 2.41 bits per heavy atom. The van der Waals surface area contributed by atoms with Crippen molar-refractivity contribution in [1.29, 1.82) is 0 Å². The molecule has 0 spiro atoms. The Balaban J connectivity index is 1.71. The Hall–Kier alpha value is -3.61. The third-order valence-corrected chi connectivity index (χ3v) is 4.46. The molecular weight excluding hydrogens is 368 g/mol. The molecule has 0 bridgehead atoms. The van der Waals surface area contributed by atoms with Crippen molar-refractivity contribution in [2.75, 3.05) is 31.0 Å². The lowest BCUT2D eigenvalue weighted by atomic mass is 10.2. The highest BCUT2D eigenvalue weighted by molar-refractivity contribution is 6.03. The molecule has 0 aliphatic carbocycles. The van der Waals surface area contributed by atoms with Crippen LogP contribution >= 0.6 is 0 Å². The maximum Gasteiger partial charge on any atom is 0.276 e. The minimum Gasteiger partial charge on any atom is -0.497 e. The quantitative estimate of drug-likeness (QED) is 0.629. The fraction of sp³-hybridized carbons (Fsp3) is 0.227. The molecule has 1 aromatic heterocycles. The van der Waals surface area contributed by atoms with Crippen molar-refractivity contribution in [3.05, 3.63) is 71.9 Å². The van der Waals surface area contributed by atoms with Crippen LogP contribution in [-0.4, -0.2) is 36.9 Å². The van der Waals surface area contributed by atoms with E-state index in [1.165, 1.54) is 12.7 Å². The van der Waals surface area contributed by atoms with Crippen LogP contribution in [0.4, 0.5) is 11.5 Å². The van der Waals surface area contributed by atoms with Gasteiger partial charge >= 0.3 is 0 Å². The van der Waals surface area contributed by atoms with Crippen LogP contribution in [0.1, 0.15) is 23.0 Å². The average molecular weight is 392 g/mol. The molecule has 3 aromatic rings. The molecule has 0 radical (unpaired) electrons. The van der Waals surface area contributed by atoms with Crippen LogP contribution in [-0.2, 0) is 6.54 Å². The SMILES string of the molecule is CCN(Cc1ccccc1)c1ccc(C(=O)Nc2ccc(OC)cc2OC)nn1. The first kappa shape index (κ1) is 20.1. The predicted molar refractivity (Wildman–Crippen MR) is 113 cm³/mol. The molecule has 0 atom stereocenters. The van der Waals surface area contributed by atoms with Crippen LogP contribution in [0.3, 0.4) is 0 Å². The number of carbonyl (C=O) groups is 1. The van der Waals surface area contributed by atoms with Gasteiger partial charge in [0.2, 0.25) is 0 Å². The summed E-state index contributed by atoms with van der Waals surface area (Å²) in [5.74, 6) is 1.50. The Labute approximate surface area is 170 Å². The normalized spacial score (nSPS) is 10.3. The van der Waals surface area contributed by atoms with Crippen molar-refractivity contribution < 1.29 is 14.3 Å². The Morgan fingerprint density at radius 2 is 1.79 bits per heavy atom. The van der Waals surface area contributed by atoms with Crippen molar-refractivity contribution in [3.8, 4) is 11.5 Å². The van der Waals surface area contributed by atoms with Crippen molar-refractivity contribution in [2.45, 2.75) is 13.5 Å². The van der Waals surface area contributed by atoms with Gasteiger partial charge in [-0.05, 0) is 36.8 Å². The van der Waals surface area contributed by atoms with Crippen LogP contribution in [0.15, 0.2) is 60.7 Å². The molecule has 3 rings (SSSR count). The molecule has 1 amide bonds. The molecule has 0 aliphatic heterocycles. The van der Waals surface area contributed by atoms with Gasteiger partial charge in [0.05, 0.1) is 19.9 Å². The summed E-state index contributed by atoms with van der Waals surface area (Å²) < 4.78 is 10.5. The number of methoxy groups -OCH3 is 2. The zero-order valence-corrected chi connectivity index (χ0v) is 16.8. The summed E-state index contributed by atoms with van der Waals surface area (Å²) >= 11 is 0. The largest absolute Gasteiger partial charge is 0.497 e. The molecule has 1 heterocycles. The number of carbonyl (C=O) groups excluding carboxylic acids is 1. The number of ether oxygens (including phenoxy) is 2. The van der Waals surface area contributed by atoms with Crippen molar-refractivity contribution >= 4 is 17.4 Å². The van der Waals surface area contributed by atoms with Gasteiger partial charge in [-0.15, -0.1) is 10.2 Å². The standard InChI is InChI=1S/C22H24N4O3/c1-4-26(15-16-8-6-5-7-9-16)21-13-12-19(24-25-21)22(27)23-18-11-10-17(28-2)14-20(18)29-3/h5-14H,4,15H2,1-3H3,(H,23,27). The van der Waals surface area contributed by atoms with E-state index in [-0.39, 0.29) is 11.6 Å². The number of amides is 1. The maximum atomic E-state index is 12.6. The molecule has 0 fully saturated rings. The summed E-state index contributed by atoms with van der Waals surface area (Å²) in [5.41, 5.74) is 1.94. The van der Waals surface area contributed by atoms with E-state index in [0.717, 1.165) is 18.9 Å². The van der Waals surface area contributed by atoms with E-state index < -0.39 is 0 Å². The van der Waals surface area contributed by atoms with Gasteiger partial charge in [0.15, 0.2) is 11.5 Å². The zero-order valence-electron chi connectivity index (χ0n) is 16.8. The van der Waals surface area contributed by atoms with Gasteiger partial charge in [0.1, 0.15) is 11.5 Å². The maximum absolute atomic E-state index is 12.6. The van der Waals surface area contributed by atoms with Crippen LogP contribution in [0.2, 0.25) is 0 Å². The molecule has 29 heavy (non-hydrogen) atoms. The van der Waals surface area contributed by atoms with Gasteiger partial charge in [0.25, 0.3) is 5.91 Å². The van der Waals surface area contributed by atoms with Crippen molar-refractivity contribution in [1.82, 2.24) is 10.2 Å². The third-order valence-electron chi connectivity index (χ3n) is 4.46. The highest BCUT2D eigenvalue weighted by Crippen LogP contribution is 2.29. The molecule has 0 aliphatic rings. The summed E-state index contributed by atoms with van der Waals surface area (Å²) in [6.45, 7) is 3.56. The van der Waals surface area contributed by atoms with E-state index in [1.54, 1.807) is 37.4 Å². The van der Waals surface area contributed by atoms with Crippen LogP contribution < -0.4 is 19.7 Å². The lowest BCUT2D eigenvalue weighted by molar-refractivity contribution is 0.102. The highest BCUT2D eigenvalue weighted by atomic mass is 16.5. The van der Waals surface area contributed by atoms with E-state index in [4.69, 9.17) is 9.47 Å². The Kier molecular flexibility index (Phi) is 6.63. The van der Waals surface area contributed by atoms with E-state index >= 15 is 0 Å². The molecule has 150 valence electrons. The minimum absolute atomic E-state index is 0.224. The van der Waals surface area contributed by atoms with E-state index in [2.05, 4.69) is 39.5 Å². The number of aromatic nitrogens is 2. The fourth-order valence-corrected chi connectivity index (χ4v) is 2.86. The summed E-state index contributed by atoms with van der Waals surface area (Å²) in [6, 6.07) is 18.8. The van der Waals surface area contributed by atoms with Gasteiger partial charge in [-0.25, -0.2) is 0 Å². The predicted octanol–water partition coefficient (Wildman–Crippen LogP) is 3.77. The first-order valence-electron chi connectivity index (χ1n) is 9.30. The third kappa shape index (κ3) is 5.01. The molecule has 7 heteroatoms. The second-order valence-corrected chi connectivity index (χ2v) is 6.30. The second-order valence-electron chi connectivity index (χ2n) is 6.30. The zero-order chi connectivity index (χ0) is 20.6. The molecule has 2 aromatic carbocycles. The number of anilines is 2. The smallest absolute Gasteiger partial charge is 0.276 e. The average Bonchev–Trinajstić information content (AvgIpc) is 2.78. The Morgan fingerprint density at radius 1 is 1.00 bits per heavy atom. The van der Waals surface area contributed by atoms with Gasteiger partial charge in [-0.2, -0.15) is 0 Å². The molecule has 0 unspecified atom stereocenters. The van der Waals surface area contributed by atoms with Crippen LogP contribution in [0, 0.1) is 0 Å². The fourth-order valence-electron chi connectivity index (χ4n) is 2.86. The highest BCUT2D eigenvalue weighted by Gasteiger charge is 2.14. The molecule has 0 saturated carbocycles. The van der Waals surface area contributed by atoms with E-state index in [0.29, 0.717) is 17.2 Å². The first-order valence-corrected chi connectivity index (χ1v) is 9.30.